The number of nitrogens with one attached hydrogen (secondary N) is 1. The van der Waals surface area contributed by atoms with Gasteiger partial charge in [-0.05, 0) is 48.2 Å². The zero-order chi connectivity index (χ0) is 31.0. The van der Waals surface area contributed by atoms with Crippen LogP contribution in [0.1, 0.15) is 38.3 Å². The molecule has 2 heterocycles. The number of methoxy groups -OCH3 is 2. The summed E-state index contributed by atoms with van der Waals surface area (Å²) in [5.41, 5.74) is 4.92. The first kappa shape index (κ1) is 29.9. The van der Waals surface area contributed by atoms with Gasteiger partial charge in [-0.3, -0.25) is 9.59 Å². The first-order valence-corrected chi connectivity index (χ1v) is 15.4. The summed E-state index contributed by atoms with van der Waals surface area (Å²) in [6, 6.07) is 21.0. The van der Waals surface area contributed by atoms with Gasteiger partial charge in [0.25, 0.3) is 0 Å². The Morgan fingerprint density at radius 3 is 2.43 bits per heavy atom. The van der Waals surface area contributed by atoms with Crippen LogP contribution in [0.2, 0.25) is 5.02 Å². The average Bonchev–Trinajstić information content (AvgIpc) is 3.14. The minimum Gasteiger partial charge on any atom is -0.493 e. The summed E-state index contributed by atoms with van der Waals surface area (Å²) in [6.07, 6.45) is 1.12. The van der Waals surface area contributed by atoms with Gasteiger partial charge >= 0.3 is 0 Å². The number of para-hydroxylation sites is 3. The molecule has 0 aromatic heterocycles. The molecule has 6 rings (SSSR count). The fraction of sp³-hybridized carbons (Fsp3) is 0.371. The highest BCUT2D eigenvalue weighted by Gasteiger charge is 2.43. The van der Waals surface area contributed by atoms with Crippen molar-refractivity contribution >= 4 is 40.4 Å². The lowest BCUT2D eigenvalue weighted by molar-refractivity contribution is -0.130. The van der Waals surface area contributed by atoms with Crippen LogP contribution in [-0.4, -0.2) is 63.5 Å². The maximum Gasteiger partial charge on any atom is 0.242 e. The number of carbonyl (C=O) groups excluding carboxylic acids is 2. The monoisotopic (exact) mass is 614 g/mol. The third kappa shape index (κ3) is 5.71. The normalized spacial score (nSPS) is 19.5. The molecule has 9 heteroatoms. The molecule has 1 amide bonds. The van der Waals surface area contributed by atoms with E-state index in [-0.39, 0.29) is 23.7 Å². The number of ether oxygens (including phenoxy) is 2. The van der Waals surface area contributed by atoms with Gasteiger partial charge in [0.05, 0.1) is 38.2 Å². The van der Waals surface area contributed by atoms with Gasteiger partial charge in [-0.2, -0.15) is 0 Å². The Balaban J connectivity index is 1.40. The van der Waals surface area contributed by atoms with Crippen LogP contribution in [0.5, 0.6) is 11.5 Å². The number of halogens is 1. The maximum absolute atomic E-state index is 14.2. The van der Waals surface area contributed by atoms with Crippen molar-refractivity contribution in [1.82, 2.24) is 4.90 Å². The highest BCUT2D eigenvalue weighted by atomic mass is 35.5. The van der Waals surface area contributed by atoms with Crippen LogP contribution in [0.15, 0.2) is 78.0 Å². The van der Waals surface area contributed by atoms with E-state index in [0.29, 0.717) is 61.1 Å². The van der Waals surface area contributed by atoms with Gasteiger partial charge < -0.3 is 29.5 Å². The van der Waals surface area contributed by atoms with Gasteiger partial charge in [0.1, 0.15) is 0 Å². The number of hydrogen-bond acceptors (Lipinski definition) is 7. The van der Waals surface area contributed by atoms with Crippen molar-refractivity contribution in [3.8, 4) is 11.5 Å². The molecular formula is C35H39ClN4O4. The van der Waals surface area contributed by atoms with Crippen LogP contribution in [0.3, 0.4) is 0 Å². The number of anilines is 3. The molecule has 44 heavy (non-hydrogen) atoms. The largest absolute Gasteiger partial charge is 0.493 e. The Kier molecular flexibility index (Phi) is 8.20. The number of piperazine rings is 1. The van der Waals surface area contributed by atoms with Crippen molar-refractivity contribution in [3.63, 3.8) is 0 Å². The van der Waals surface area contributed by atoms with Crippen molar-refractivity contribution in [3.05, 3.63) is 88.6 Å². The molecule has 1 saturated heterocycles. The standard InChI is InChI=1S/C35H39ClN4O4/c1-35(2)20-27-32(29(41)21-35)33(25-11-8-14-30(43-3)34(25)44-4)40(28-13-6-5-12-26(28)37-27)22-31(42)39-17-15-38(16-18-39)24-10-7-9-23(36)19-24/h5-14,19,33,37H,15-18,20-22H2,1-4H3. The summed E-state index contributed by atoms with van der Waals surface area (Å²) in [5.74, 6) is 1.20. The molecule has 0 bridgehead atoms. The lowest BCUT2D eigenvalue weighted by Gasteiger charge is -2.40. The molecular weight excluding hydrogens is 576 g/mol. The number of allylic oxidation sites excluding steroid dienone is 1. The van der Waals surface area contributed by atoms with Crippen molar-refractivity contribution in [2.24, 2.45) is 5.41 Å². The molecule has 3 aliphatic rings. The van der Waals surface area contributed by atoms with E-state index in [1.54, 1.807) is 14.2 Å². The molecule has 0 saturated carbocycles. The second-order valence-corrected chi connectivity index (χ2v) is 12.9. The highest BCUT2D eigenvalue weighted by Crippen LogP contribution is 2.50. The number of hydrogen-bond donors (Lipinski definition) is 1. The molecule has 8 nitrogen and oxygen atoms in total. The highest BCUT2D eigenvalue weighted by molar-refractivity contribution is 6.30. The molecule has 1 atom stereocenters. The summed E-state index contributed by atoms with van der Waals surface area (Å²) in [7, 11) is 3.22. The van der Waals surface area contributed by atoms with Crippen LogP contribution in [0.25, 0.3) is 0 Å². The van der Waals surface area contributed by atoms with Crippen LogP contribution in [0.4, 0.5) is 17.1 Å². The predicted molar refractivity (Wildman–Crippen MR) is 175 cm³/mol. The summed E-state index contributed by atoms with van der Waals surface area (Å²) >= 11 is 6.24. The fourth-order valence-corrected chi connectivity index (χ4v) is 7.00. The van der Waals surface area contributed by atoms with E-state index in [9.17, 15) is 9.59 Å². The molecule has 1 aliphatic carbocycles. The maximum atomic E-state index is 14.2. The molecule has 3 aromatic rings. The molecule has 0 spiro atoms. The van der Waals surface area contributed by atoms with Crippen LogP contribution >= 0.6 is 11.6 Å². The quantitative estimate of drug-likeness (QED) is 0.348. The smallest absolute Gasteiger partial charge is 0.242 e. The molecule has 0 radical (unpaired) electrons. The SMILES string of the molecule is COc1cccc(C2C3=C(CC(C)(C)CC3=O)Nc3ccccc3N2CC(=O)N2CCN(c3cccc(Cl)c3)CC2)c1OC. The molecule has 230 valence electrons. The van der Waals surface area contributed by atoms with Crippen molar-refractivity contribution < 1.29 is 19.1 Å². The van der Waals surface area contributed by atoms with Crippen molar-refractivity contribution in [1.29, 1.82) is 0 Å². The van der Waals surface area contributed by atoms with E-state index >= 15 is 0 Å². The van der Waals surface area contributed by atoms with Crippen LogP contribution in [-0.2, 0) is 9.59 Å². The fourth-order valence-electron chi connectivity index (χ4n) is 6.81. The minimum atomic E-state index is -0.563. The second kappa shape index (κ2) is 12.1. The molecule has 1 unspecified atom stereocenters. The van der Waals surface area contributed by atoms with E-state index in [2.05, 4.69) is 29.0 Å². The third-order valence-electron chi connectivity index (χ3n) is 8.84. The number of benzene rings is 3. The molecule has 2 aliphatic heterocycles. The Labute approximate surface area is 264 Å². The zero-order valence-corrected chi connectivity index (χ0v) is 26.5. The number of ketones is 1. The molecule has 1 N–H and O–H groups in total. The van der Waals surface area contributed by atoms with E-state index < -0.39 is 6.04 Å². The van der Waals surface area contributed by atoms with Crippen molar-refractivity contribution in [2.45, 2.75) is 32.7 Å². The number of fused-ring (bicyclic) bond motifs is 1. The number of amides is 1. The lowest BCUT2D eigenvalue weighted by atomic mass is 9.73. The first-order chi connectivity index (χ1) is 21.2. The van der Waals surface area contributed by atoms with Gasteiger partial charge in [-0.1, -0.05) is 55.8 Å². The number of rotatable bonds is 6. The summed E-state index contributed by atoms with van der Waals surface area (Å²) in [6.45, 7) is 6.94. The van der Waals surface area contributed by atoms with Gasteiger partial charge in [0, 0.05) is 60.1 Å². The Hall–Kier alpha value is -4.17. The summed E-state index contributed by atoms with van der Waals surface area (Å²) in [4.78, 5) is 34.5. The van der Waals surface area contributed by atoms with Gasteiger partial charge in [-0.15, -0.1) is 0 Å². The van der Waals surface area contributed by atoms with E-state index in [1.165, 1.54) is 0 Å². The number of Topliss-reactive ketones (excluding diaryl/α,β-unsaturated/α-hetero) is 1. The Bertz CT molecular complexity index is 1610. The number of nitrogens with zero attached hydrogens (tertiary/aromatic N) is 3. The van der Waals surface area contributed by atoms with Crippen LogP contribution in [0, 0.1) is 5.41 Å². The minimum absolute atomic E-state index is 0.00467. The van der Waals surface area contributed by atoms with E-state index in [1.807, 2.05) is 71.6 Å². The van der Waals surface area contributed by atoms with Gasteiger partial charge in [0.15, 0.2) is 17.3 Å². The summed E-state index contributed by atoms with van der Waals surface area (Å²) in [5, 5.41) is 4.32. The Morgan fingerprint density at radius 2 is 1.70 bits per heavy atom. The Morgan fingerprint density at radius 1 is 0.955 bits per heavy atom. The van der Waals surface area contributed by atoms with Crippen LogP contribution < -0.4 is 24.6 Å². The molecule has 1 fully saturated rings. The topological polar surface area (TPSA) is 74.4 Å². The van der Waals surface area contributed by atoms with Gasteiger partial charge in [0.2, 0.25) is 5.91 Å². The summed E-state index contributed by atoms with van der Waals surface area (Å²) < 4.78 is 11.6. The van der Waals surface area contributed by atoms with E-state index in [0.717, 1.165) is 28.3 Å². The van der Waals surface area contributed by atoms with Crippen molar-refractivity contribution in [2.75, 3.05) is 62.1 Å². The first-order valence-electron chi connectivity index (χ1n) is 15.1. The van der Waals surface area contributed by atoms with Gasteiger partial charge in [-0.25, -0.2) is 0 Å². The second-order valence-electron chi connectivity index (χ2n) is 12.4. The molecule has 3 aromatic carbocycles. The average molecular weight is 615 g/mol. The predicted octanol–water partition coefficient (Wildman–Crippen LogP) is 6.32. The number of carbonyl (C=O) groups is 2. The zero-order valence-electron chi connectivity index (χ0n) is 25.7. The third-order valence-corrected chi connectivity index (χ3v) is 9.08. The van der Waals surface area contributed by atoms with E-state index in [4.69, 9.17) is 21.1 Å². The lowest BCUT2D eigenvalue weighted by Crippen LogP contribution is -2.52.